The Balaban J connectivity index is 2.04. The number of carbonyl (C=O) groups is 4. The van der Waals surface area contributed by atoms with Crippen molar-refractivity contribution in [1.29, 1.82) is 0 Å². The van der Waals surface area contributed by atoms with Gasteiger partial charge in [0, 0.05) is 27.9 Å². The van der Waals surface area contributed by atoms with Gasteiger partial charge in [-0.3, -0.25) is 19.2 Å². The number of carbonyl (C=O) groups excluding carboxylic acids is 4. The molecule has 4 saturated heterocycles. The van der Waals surface area contributed by atoms with Crippen LogP contribution >= 0.6 is 34.8 Å². The lowest BCUT2D eigenvalue weighted by atomic mass is 9.56. The second-order valence-corrected chi connectivity index (χ2v) is 19.4. The van der Waals surface area contributed by atoms with E-state index in [4.69, 9.17) is 72.4 Å². The molecule has 42 heavy (non-hydrogen) atoms. The van der Waals surface area contributed by atoms with E-state index in [2.05, 4.69) is 5.32 Å². The van der Waals surface area contributed by atoms with Crippen molar-refractivity contribution >= 4 is 66.9 Å². The van der Waals surface area contributed by atoms with E-state index in [1.165, 1.54) is 14.0 Å². The maximum Gasteiger partial charge on any atom is 0.305 e. The van der Waals surface area contributed by atoms with Crippen molar-refractivity contribution in [2.24, 2.45) is 5.92 Å². The molecular weight excluding hydrogens is 641 g/mol. The number of ether oxygens (including phenoxy) is 7. The smallest absolute Gasteiger partial charge is 0.305 e. The van der Waals surface area contributed by atoms with Crippen molar-refractivity contribution in [3.8, 4) is 0 Å². The first kappa shape index (κ1) is 33.7. The molecule has 1 N–H and O–H groups in total. The quantitative estimate of drug-likeness (QED) is 0.174. The average Bonchev–Trinajstić information content (AvgIpc) is 3.09. The second kappa shape index (κ2) is 10.7. The van der Waals surface area contributed by atoms with Crippen LogP contribution in [0.1, 0.15) is 41.5 Å². The normalized spacial score (nSPS) is 38.7. The first-order valence-electron chi connectivity index (χ1n) is 13.2. The number of rotatable bonds is 8. The van der Waals surface area contributed by atoms with Gasteiger partial charge >= 0.3 is 23.9 Å². The molecule has 9 atom stereocenters. The van der Waals surface area contributed by atoms with E-state index in [1.807, 2.05) is 33.9 Å². The van der Waals surface area contributed by atoms with E-state index < -0.39 is 96.3 Å². The molecule has 0 aromatic carbocycles. The molecule has 5 rings (SSSR count). The standard InChI is InChI=1S/C25H36Cl3NO12Si/c1-11(30)35-10-22(38-13(3)32)15-14-18(34-7)37-19-23(14,29-20(33)24(26,27)28)17(36-12(2)31)16(22)40-25(19,39-15)41-42(8,9)21(4,5)6/h14-19H,10H2,1-9H3,(H,29,33)/t14-,15-,16+,17-,18?,19+,22+,23-,25+/m1/s1. The van der Waals surface area contributed by atoms with Crippen LogP contribution in [0.3, 0.4) is 0 Å². The molecule has 13 nitrogen and oxygen atoms in total. The molecule has 1 unspecified atom stereocenters. The molecule has 1 amide bonds. The summed E-state index contributed by atoms with van der Waals surface area (Å²) in [6.45, 7) is 12.7. The minimum Gasteiger partial charge on any atom is -0.461 e. The molecule has 4 aliphatic heterocycles. The molecular formula is C25H36Cl3NO12Si. The van der Waals surface area contributed by atoms with Gasteiger partial charge in [-0.25, -0.2) is 0 Å². The summed E-state index contributed by atoms with van der Waals surface area (Å²) in [6.07, 6.45) is -6.71. The highest BCUT2D eigenvalue weighted by atomic mass is 35.6. The monoisotopic (exact) mass is 675 g/mol. The van der Waals surface area contributed by atoms with Crippen molar-refractivity contribution in [1.82, 2.24) is 5.32 Å². The Labute approximate surface area is 259 Å². The van der Waals surface area contributed by atoms with Gasteiger partial charge in [0.25, 0.3) is 9.70 Å². The summed E-state index contributed by atoms with van der Waals surface area (Å²) in [5.41, 5.74) is -3.69. The number of methoxy groups -OCH3 is 1. The van der Waals surface area contributed by atoms with Crippen LogP contribution in [-0.2, 0) is 56.8 Å². The number of hydrogen-bond acceptors (Lipinski definition) is 12. The molecule has 0 aromatic rings. The molecule has 5 aliphatic rings. The summed E-state index contributed by atoms with van der Waals surface area (Å²) < 4.78 is 46.6. The maximum absolute atomic E-state index is 13.4. The van der Waals surface area contributed by atoms with Crippen LogP contribution in [-0.4, -0.2) is 97.5 Å². The van der Waals surface area contributed by atoms with Crippen LogP contribution in [0.15, 0.2) is 0 Å². The predicted molar refractivity (Wildman–Crippen MR) is 148 cm³/mol. The summed E-state index contributed by atoms with van der Waals surface area (Å²) in [7, 11) is -1.46. The zero-order valence-electron chi connectivity index (χ0n) is 24.7. The third-order valence-electron chi connectivity index (χ3n) is 8.64. The highest BCUT2D eigenvalue weighted by Crippen LogP contribution is 2.66. The largest absolute Gasteiger partial charge is 0.461 e. The molecule has 17 heteroatoms. The number of esters is 3. The Hall–Kier alpha value is -1.23. The van der Waals surface area contributed by atoms with E-state index in [0.29, 0.717) is 0 Å². The summed E-state index contributed by atoms with van der Waals surface area (Å²) in [5, 5.41) is 2.38. The maximum atomic E-state index is 13.4. The molecule has 0 aromatic heterocycles. The first-order valence-corrected chi connectivity index (χ1v) is 17.3. The van der Waals surface area contributed by atoms with Gasteiger partial charge in [-0.05, 0) is 18.1 Å². The van der Waals surface area contributed by atoms with Gasteiger partial charge in [0.05, 0.1) is 5.92 Å². The van der Waals surface area contributed by atoms with E-state index in [1.54, 1.807) is 0 Å². The zero-order valence-corrected chi connectivity index (χ0v) is 28.0. The molecule has 5 fully saturated rings. The molecule has 238 valence electrons. The van der Waals surface area contributed by atoms with Gasteiger partial charge in [0.15, 0.2) is 26.8 Å². The van der Waals surface area contributed by atoms with E-state index in [-0.39, 0.29) is 5.04 Å². The van der Waals surface area contributed by atoms with Gasteiger partial charge in [-0.2, -0.15) is 0 Å². The minimum absolute atomic E-state index is 0.379. The van der Waals surface area contributed by atoms with Gasteiger partial charge in [-0.1, -0.05) is 55.6 Å². The lowest BCUT2D eigenvalue weighted by Crippen LogP contribution is -2.93. The van der Waals surface area contributed by atoms with Crippen LogP contribution in [0, 0.1) is 5.92 Å². The SMILES string of the molecule is COC1O[C@@H]2[C@]3(O[Si](C)(C)C(C)(C)C)O[C@@H]4[C@H]1[C@@]2(NC(=O)C(Cl)(Cl)Cl)[C@H](OC(C)=O)[C@H](O3)[C@@]4(COC(C)=O)OC(C)=O. The molecule has 0 radical (unpaired) electrons. The van der Waals surface area contributed by atoms with Gasteiger partial charge < -0.3 is 42.9 Å². The highest BCUT2D eigenvalue weighted by molar-refractivity contribution is 6.76. The zero-order chi connectivity index (χ0) is 31.8. The van der Waals surface area contributed by atoms with Crippen LogP contribution in [0.4, 0.5) is 0 Å². The fraction of sp³-hybridized carbons (Fsp3) is 0.840. The number of halogens is 3. The Bertz CT molecular complexity index is 1160. The van der Waals surface area contributed by atoms with Crippen molar-refractivity contribution in [3.05, 3.63) is 0 Å². The Kier molecular flexibility index (Phi) is 8.57. The fourth-order valence-electron chi connectivity index (χ4n) is 6.08. The lowest BCUT2D eigenvalue weighted by Gasteiger charge is -2.70. The van der Waals surface area contributed by atoms with Crippen molar-refractivity contribution in [2.75, 3.05) is 13.7 Å². The summed E-state index contributed by atoms with van der Waals surface area (Å²) >= 11 is 18.0. The van der Waals surface area contributed by atoms with Crippen molar-refractivity contribution in [3.63, 3.8) is 0 Å². The fourth-order valence-corrected chi connectivity index (χ4v) is 7.44. The number of hydrogen-bond donors (Lipinski definition) is 1. The first-order chi connectivity index (χ1) is 19.1. The van der Waals surface area contributed by atoms with Crippen molar-refractivity contribution in [2.45, 2.75) is 111 Å². The molecule has 6 bridgehead atoms. The minimum atomic E-state index is -2.80. The average molecular weight is 677 g/mol. The summed E-state index contributed by atoms with van der Waals surface area (Å²) in [6, 6.07) is 0. The Morgan fingerprint density at radius 3 is 2.02 bits per heavy atom. The molecule has 1 saturated carbocycles. The van der Waals surface area contributed by atoms with E-state index in [9.17, 15) is 19.2 Å². The van der Waals surface area contributed by atoms with Crippen LogP contribution in [0.2, 0.25) is 18.1 Å². The highest BCUT2D eigenvalue weighted by Gasteiger charge is 2.90. The van der Waals surface area contributed by atoms with Gasteiger partial charge in [0.2, 0.25) is 5.60 Å². The third-order valence-corrected chi connectivity index (χ3v) is 13.6. The molecule has 0 spiro atoms. The summed E-state index contributed by atoms with van der Waals surface area (Å²) in [5.74, 6) is -6.49. The molecule has 1 aliphatic carbocycles. The number of alkyl halides is 3. The lowest BCUT2D eigenvalue weighted by molar-refractivity contribution is -0.522. The number of amides is 1. The third kappa shape index (κ3) is 5.14. The van der Waals surface area contributed by atoms with E-state index >= 15 is 0 Å². The topological polar surface area (TPSA) is 154 Å². The van der Waals surface area contributed by atoms with Crippen LogP contribution < -0.4 is 5.32 Å². The molecule has 4 heterocycles. The number of nitrogens with one attached hydrogen (secondary N) is 1. The predicted octanol–water partition coefficient (Wildman–Crippen LogP) is 2.48. The van der Waals surface area contributed by atoms with Crippen LogP contribution in [0.25, 0.3) is 0 Å². The Morgan fingerprint density at radius 1 is 0.952 bits per heavy atom. The van der Waals surface area contributed by atoms with Crippen LogP contribution in [0.5, 0.6) is 0 Å². The van der Waals surface area contributed by atoms with Gasteiger partial charge in [-0.15, -0.1) is 0 Å². The Morgan fingerprint density at radius 2 is 1.55 bits per heavy atom. The van der Waals surface area contributed by atoms with Gasteiger partial charge in [0.1, 0.15) is 24.4 Å². The van der Waals surface area contributed by atoms with E-state index in [0.717, 1.165) is 13.8 Å². The summed E-state index contributed by atoms with van der Waals surface area (Å²) in [4.78, 5) is 50.6. The second-order valence-electron chi connectivity index (χ2n) is 12.4. The van der Waals surface area contributed by atoms with Crippen molar-refractivity contribution < 1.29 is 56.8 Å².